The molecule has 0 saturated heterocycles. The summed E-state index contributed by atoms with van der Waals surface area (Å²) in [6.45, 7) is 15.0. The van der Waals surface area contributed by atoms with Crippen LogP contribution < -0.4 is 0 Å². The van der Waals surface area contributed by atoms with Crippen molar-refractivity contribution in [3.63, 3.8) is 0 Å². The first-order valence-electron chi connectivity index (χ1n) is 11.1. The van der Waals surface area contributed by atoms with Crippen molar-refractivity contribution in [2.75, 3.05) is 26.2 Å². The summed E-state index contributed by atoms with van der Waals surface area (Å²) >= 11 is 5.74. The smallest absolute Gasteiger partial charge is 0.135 e. The highest BCUT2D eigenvalue weighted by Gasteiger charge is 2.24. The summed E-state index contributed by atoms with van der Waals surface area (Å²) in [6.07, 6.45) is 11.1. The van der Waals surface area contributed by atoms with Crippen LogP contribution in [0, 0.1) is 0 Å². The van der Waals surface area contributed by atoms with Gasteiger partial charge in [0.15, 0.2) is 0 Å². The Bertz CT molecular complexity index is 622. The van der Waals surface area contributed by atoms with Gasteiger partial charge in [0.2, 0.25) is 0 Å². The molecule has 6 heteroatoms. The lowest BCUT2D eigenvalue weighted by molar-refractivity contribution is -0.929. The van der Waals surface area contributed by atoms with Crippen molar-refractivity contribution in [2.24, 2.45) is 0 Å². The fourth-order valence-corrected chi connectivity index (χ4v) is 3.75. The molecule has 0 bridgehead atoms. The summed E-state index contributed by atoms with van der Waals surface area (Å²) in [5.41, 5.74) is 1.02. The van der Waals surface area contributed by atoms with Crippen LogP contribution in [-0.4, -0.2) is 51.0 Å². The Hall–Kier alpha value is -1.33. The van der Waals surface area contributed by atoms with E-state index in [9.17, 15) is 0 Å². The second kappa shape index (κ2) is 13.8. The molecule has 0 aliphatic rings. The van der Waals surface area contributed by atoms with Crippen LogP contribution in [0.25, 0.3) is 11.0 Å². The molecule has 2 aromatic rings. The summed E-state index contributed by atoms with van der Waals surface area (Å²) < 4.78 is 1.42. The minimum atomic E-state index is 0.489. The Morgan fingerprint density at radius 1 is 0.857 bits per heavy atom. The SMILES string of the molecule is CCCC[N+](CCCC)(CCCC)CCCC.On1nnc2c(Cl)cccc21. The lowest BCUT2D eigenvalue weighted by atomic mass is 10.1. The van der Waals surface area contributed by atoms with Gasteiger partial charge in [0, 0.05) is 0 Å². The van der Waals surface area contributed by atoms with Crippen LogP contribution in [0.15, 0.2) is 18.2 Å². The molecule has 1 aromatic carbocycles. The van der Waals surface area contributed by atoms with Gasteiger partial charge in [-0.05, 0) is 43.0 Å². The fraction of sp³-hybridized carbons (Fsp3) is 0.727. The van der Waals surface area contributed by atoms with Gasteiger partial charge in [0.05, 0.1) is 31.2 Å². The van der Waals surface area contributed by atoms with Crippen LogP contribution >= 0.6 is 11.6 Å². The molecule has 0 radical (unpaired) electrons. The molecular formula is C22H40ClN4O+. The highest BCUT2D eigenvalue weighted by Crippen LogP contribution is 2.19. The number of aromatic nitrogens is 3. The highest BCUT2D eigenvalue weighted by molar-refractivity contribution is 6.34. The van der Waals surface area contributed by atoms with Crippen molar-refractivity contribution in [1.82, 2.24) is 15.2 Å². The van der Waals surface area contributed by atoms with Crippen molar-refractivity contribution in [2.45, 2.75) is 79.1 Å². The highest BCUT2D eigenvalue weighted by atomic mass is 35.5. The number of fused-ring (bicyclic) bond motifs is 1. The van der Waals surface area contributed by atoms with E-state index in [1.807, 2.05) is 0 Å². The molecule has 28 heavy (non-hydrogen) atoms. The van der Waals surface area contributed by atoms with E-state index in [1.165, 1.54) is 82.0 Å². The van der Waals surface area contributed by atoms with Crippen LogP contribution in [-0.2, 0) is 0 Å². The number of nitrogens with zero attached hydrogens (tertiary/aromatic N) is 4. The van der Waals surface area contributed by atoms with Gasteiger partial charge < -0.3 is 9.69 Å². The van der Waals surface area contributed by atoms with E-state index in [2.05, 4.69) is 38.0 Å². The second-order valence-corrected chi connectivity index (χ2v) is 8.14. The van der Waals surface area contributed by atoms with Crippen LogP contribution in [0.5, 0.6) is 0 Å². The van der Waals surface area contributed by atoms with Crippen molar-refractivity contribution < 1.29 is 9.69 Å². The summed E-state index contributed by atoms with van der Waals surface area (Å²) in [5.74, 6) is 0. The third kappa shape index (κ3) is 7.96. The Morgan fingerprint density at radius 3 is 1.71 bits per heavy atom. The van der Waals surface area contributed by atoms with Crippen LogP contribution in [0.4, 0.5) is 0 Å². The largest absolute Gasteiger partial charge is 0.410 e. The van der Waals surface area contributed by atoms with Crippen LogP contribution in [0.3, 0.4) is 0 Å². The van der Waals surface area contributed by atoms with Gasteiger partial charge in [-0.3, -0.25) is 0 Å². The van der Waals surface area contributed by atoms with Crippen molar-refractivity contribution in [1.29, 1.82) is 0 Å². The van der Waals surface area contributed by atoms with E-state index in [0.29, 0.717) is 20.9 Å². The molecular weight excluding hydrogens is 372 g/mol. The predicted octanol–water partition coefficient (Wildman–Crippen LogP) is 6.33. The lowest BCUT2D eigenvalue weighted by Crippen LogP contribution is -2.50. The maximum Gasteiger partial charge on any atom is 0.135 e. The van der Waals surface area contributed by atoms with Gasteiger partial charge in [0.25, 0.3) is 0 Å². The van der Waals surface area contributed by atoms with Crippen LogP contribution in [0.2, 0.25) is 5.02 Å². The number of hydrogen-bond acceptors (Lipinski definition) is 3. The molecule has 0 aliphatic carbocycles. The summed E-state index contributed by atoms with van der Waals surface area (Å²) in [6, 6.07) is 5.10. The van der Waals surface area contributed by atoms with Gasteiger partial charge in [-0.15, -0.1) is 5.10 Å². The summed E-state index contributed by atoms with van der Waals surface area (Å²) in [5, 5.41) is 16.6. The number of halogens is 1. The van der Waals surface area contributed by atoms with Crippen molar-refractivity contribution >= 4 is 22.6 Å². The molecule has 0 unspecified atom stereocenters. The van der Waals surface area contributed by atoms with Gasteiger partial charge in [-0.1, -0.05) is 75.9 Å². The number of rotatable bonds is 12. The van der Waals surface area contributed by atoms with Crippen molar-refractivity contribution in [3.05, 3.63) is 23.2 Å². The van der Waals surface area contributed by atoms with E-state index in [-0.39, 0.29) is 0 Å². The maximum atomic E-state index is 9.02. The first-order chi connectivity index (χ1) is 13.5. The molecule has 0 spiro atoms. The van der Waals surface area contributed by atoms with E-state index in [1.54, 1.807) is 18.2 Å². The monoisotopic (exact) mass is 411 g/mol. The molecule has 0 amide bonds. The molecule has 1 heterocycles. The average molecular weight is 412 g/mol. The number of benzene rings is 1. The zero-order valence-electron chi connectivity index (χ0n) is 18.3. The van der Waals surface area contributed by atoms with Gasteiger partial charge in [-0.2, -0.15) is 0 Å². The number of hydrogen-bond donors (Lipinski definition) is 1. The molecule has 5 nitrogen and oxygen atoms in total. The van der Waals surface area contributed by atoms with Crippen molar-refractivity contribution in [3.8, 4) is 0 Å². The molecule has 0 fully saturated rings. The average Bonchev–Trinajstić information content (AvgIpc) is 3.10. The molecule has 0 atom stereocenters. The number of unbranched alkanes of at least 4 members (excludes halogenated alkanes) is 4. The van der Waals surface area contributed by atoms with E-state index >= 15 is 0 Å². The first kappa shape index (κ1) is 24.7. The molecule has 1 aromatic heterocycles. The van der Waals surface area contributed by atoms with Gasteiger partial charge >= 0.3 is 0 Å². The Balaban J connectivity index is 0.000000302. The normalized spacial score (nSPS) is 11.5. The number of quaternary nitrogens is 1. The topological polar surface area (TPSA) is 50.9 Å². The third-order valence-corrected chi connectivity index (χ3v) is 5.66. The lowest BCUT2D eigenvalue weighted by Gasteiger charge is -2.39. The molecule has 2 rings (SSSR count). The quantitative estimate of drug-likeness (QED) is 0.328. The minimum absolute atomic E-state index is 0.489. The van der Waals surface area contributed by atoms with E-state index in [4.69, 9.17) is 16.8 Å². The second-order valence-electron chi connectivity index (χ2n) is 7.74. The fourth-order valence-electron chi connectivity index (χ4n) is 3.54. The first-order valence-corrected chi connectivity index (χ1v) is 11.5. The summed E-state index contributed by atoms with van der Waals surface area (Å²) in [4.78, 5) is 0.696. The predicted molar refractivity (Wildman–Crippen MR) is 119 cm³/mol. The van der Waals surface area contributed by atoms with Gasteiger partial charge in [-0.25, -0.2) is 0 Å². The maximum absolute atomic E-state index is 9.02. The summed E-state index contributed by atoms with van der Waals surface area (Å²) in [7, 11) is 0. The van der Waals surface area contributed by atoms with Crippen LogP contribution in [0.1, 0.15) is 79.1 Å². The van der Waals surface area contributed by atoms with E-state index < -0.39 is 0 Å². The zero-order valence-corrected chi connectivity index (χ0v) is 19.1. The standard InChI is InChI=1S/C16H36N.C6H4ClN3O/c1-5-9-13-17(14-10-6-2,15-11-7-3)16-12-8-4;7-4-2-1-3-5-6(4)8-9-10(5)11/h5-16H2,1-4H3;1-3,11H/q+1;. The molecule has 1 N–H and O–H groups in total. The van der Waals surface area contributed by atoms with Gasteiger partial charge in [0.1, 0.15) is 11.0 Å². The molecule has 0 aliphatic heterocycles. The van der Waals surface area contributed by atoms with E-state index in [0.717, 1.165) is 0 Å². The zero-order chi connectivity index (χ0) is 20.8. The Kier molecular flexibility index (Phi) is 12.2. The molecule has 160 valence electrons. The minimum Gasteiger partial charge on any atom is -0.410 e. The molecule has 0 saturated carbocycles. The Morgan fingerprint density at radius 2 is 1.32 bits per heavy atom. The third-order valence-electron chi connectivity index (χ3n) is 5.35. The Labute approximate surface area is 176 Å².